The molecule has 1 aliphatic heterocycles. The summed E-state index contributed by atoms with van der Waals surface area (Å²) in [5, 5.41) is 0. The Balaban J connectivity index is 2.20. The fraction of sp³-hybridized carbons (Fsp3) is 0.579. The zero-order valence-corrected chi connectivity index (χ0v) is 15.6. The van der Waals surface area contributed by atoms with Gasteiger partial charge in [-0.05, 0) is 51.0 Å². The summed E-state index contributed by atoms with van der Waals surface area (Å²) < 4.78 is 44.2. The van der Waals surface area contributed by atoms with Crippen LogP contribution in [0.25, 0.3) is 0 Å². The minimum absolute atomic E-state index is 0.0976. The van der Waals surface area contributed by atoms with E-state index in [1.54, 1.807) is 4.90 Å². The molecule has 1 saturated heterocycles. The molecule has 0 spiro atoms. The lowest BCUT2D eigenvalue weighted by molar-refractivity contribution is -0.148. The zero-order valence-electron chi connectivity index (χ0n) is 15.6. The van der Waals surface area contributed by atoms with Gasteiger partial charge in [0.1, 0.15) is 6.54 Å². The average molecular weight is 386 g/mol. The Morgan fingerprint density at radius 1 is 1.07 bits per heavy atom. The lowest BCUT2D eigenvalue weighted by Gasteiger charge is -2.34. The van der Waals surface area contributed by atoms with Gasteiger partial charge in [-0.1, -0.05) is 0 Å². The normalized spacial score (nSPS) is 17.4. The number of rotatable bonds is 6. The summed E-state index contributed by atoms with van der Waals surface area (Å²) in [4.78, 5) is 27.5. The molecule has 2 amide bonds. The Kier molecular flexibility index (Phi) is 7.24. The van der Waals surface area contributed by atoms with Crippen LogP contribution in [0.3, 0.4) is 0 Å². The minimum atomic E-state index is -4.49. The van der Waals surface area contributed by atoms with Gasteiger partial charge in [0.2, 0.25) is 0 Å². The minimum Gasteiger partial charge on any atom is -0.379 e. The lowest BCUT2D eigenvalue weighted by Crippen LogP contribution is -2.49. The van der Waals surface area contributed by atoms with E-state index < -0.39 is 24.7 Å². The number of amides is 2. The monoisotopic (exact) mass is 386 g/mol. The van der Waals surface area contributed by atoms with Crippen molar-refractivity contribution in [3.63, 3.8) is 0 Å². The van der Waals surface area contributed by atoms with E-state index in [-0.39, 0.29) is 18.1 Å². The van der Waals surface area contributed by atoms with Crippen molar-refractivity contribution in [1.29, 1.82) is 0 Å². The zero-order chi connectivity index (χ0) is 20.0. The van der Waals surface area contributed by atoms with E-state index >= 15 is 0 Å². The van der Waals surface area contributed by atoms with Crippen LogP contribution in [-0.4, -0.2) is 66.7 Å². The van der Waals surface area contributed by atoms with Crippen molar-refractivity contribution in [2.75, 3.05) is 32.8 Å². The fourth-order valence-corrected chi connectivity index (χ4v) is 3.14. The number of nitrogens with zero attached hydrogens (tertiary/aromatic N) is 2. The molecule has 0 saturated carbocycles. The molecular formula is C19H25F3N2O3. The Bertz CT molecular complexity index is 637. The number of ether oxygens (including phenoxy) is 1. The van der Waals surface area contributed by atoms with Crippen molar-refractivity contribution < 1.29 is 27.5 Å². The van der Waals surface area contributed by atoms with Gasteiger partial charge in [0.25, 0.3) is 11.8 Å². The molecule has 0 N–H and O–H groups in total. The third kappa shape index (κ3) is 5.69. The summed E-state index contributed by atoms with van der Waals surface area (Å²) in [5.41, 5.74) is 0.527. The molecule has 150 valence electrons. The molecule has 1 aromatic rings. The molecule has 1 atom stereocenters. The highest BCUT2D eigenvalue weighted by Gasteiger charge is 2.37. The van der Waals surface area contributed by atoms with E-state index in [0.717, 1.165) is 4.90 Å². The van der Waals surface area contributed by atoms with E-state index in [9.17, 15) is 22.8 Å². The smallest absolute Gasteiger partial charge is 0.379 e. The van der Waals surface area contributed by atoms with E-state index in [4.69, 9.17) is 4.74 Å². The molecule has 0 radical (unpaired) electrons. The maximum Gasteiger partial charge on any atom is 0.406 e. The molecule has 0 bridgehead atoms. The van der Waals surface area contributed by atoms with Crippen LogP contribution in [0, 0.1) is 0 Å². The second kappa shape index (κ2) is 9.21. The van der Waals surface area contributed by atoms with Crippen LogP contribution in [0.4, 0.5) is 13.2 Å². The van der Waals surface area contributed by atoms with Crippen molar-refractivity contribution in [1.82, 2.24) is 9.80 Å². The summed E-state index contributed by atoms with van der Waals surface area (Å²) in [6, 6.07) is 5.18. The number of carbonyl (C=O) groups is 2. The molecule has 0 aliphatic carbocycles. The van der Waals surface area contributed by atoms with E-state index in [1.165, 1.54) is 24.3 Å². The van der Waals surface area contributed by atoms with Gasteiger partial charge in [0.15, 0.2) is 0 Å². The van der Waals surface area contributed by atoms with Gasteiger partial charge in [0, 0.05) is 30.8 Å². The predicted molar refractivity (Wildman–Crippen MR) is 94.6 cm³/mol. The lowest BCUT2D eigenvalue weighted by atomic mass is 10.1. The molecule has 27 heavy (non-hydrogen) atoms. The van der Waals surface area contributed by atoms with Gasteiger partial charge < -0.3 is 14.5 Å². The first-order chi connectivity index (χ1) is 12.8. The number of carbonyl (C=O) groups excluding carboxylic acids is 2. The summed E-state index contributed by atoms with van der Waals surface area (Å²) in [6.07, 6.45) is -3.41. The first kappa shape index (κ1) is 21.2. The van der Waals surface area contributed by atoms with Gasteiger partial charge in [-0.2, -0.15) is 13.2 Å². The van der Waals surface area contributed by atoms with Crippen LogP contribution in [-0.2, 0) is 4.74 Å². The highest BCUT2D eigenvalue weighted by molar-refractivity contribution is 5.98. The Morgan fingerprint density at radius 3 is 2.07 bits per heavy atom. The third-order valence-electron chi connectivity index (χ3n) is 4.62. The quantitative estimate of drug-likeness (QED) is 0.753. The number of benzene rings is 1. The number of alkyl halides is 3. The number of halogens is 3. The summed E-state index contributed by atoms with van der Waals surface area (Å²) in [5.74, 6) is -0.878. The molecule has 8 heteroatoms. The van der Waals surface area contributed by atoms with Crippen LogP contribution in [0.2, 0.25) is 0 Å². The van der Waals surface area contributed by atoms with Crippen LogP contribution in [0.5, 0.6) is 0 Å². The van der Waals surface area contributed by atoms with Gasteiger partial charge in [-0.25, -0.2) is 0 Å². The molecule has 1 aromatic carbocycles. The third-order valence-corrected chi connectivity index (χ3v) is 4.62. The first-order valence-corrected chi connectivity index (χ1v) is 9.11. The molecule has 1 heterocycles. The van der Waals surface area contributed by atoms with Crippen molar-refractivity contribution in [2.24, 2.45) is 0 Å². The Hall–Kier alpha value is -2.09. The van der Waals surface area contributed by atoms with Crippen molar-refractivity contribution in [2.45, 2.75) is 38.9 Å². The van der Waals surface area contributed by atoms with E-state index in [2.05, 4.69) is 0 Å². The predicted octanol–water partition coefficient (Wildman–Crippen LogP) is 3.35. The SMILES string of the molecule is CCN(CC)C(=O)c1ccc(C(=O)N(CC(F)(F)F)C2CCCOC2)cc1. The van der Waals surface area contributed by atoms with Gasteiger partial charge in [-0.15, -0.1) is 0 Å². The Morgan fingerprint density at radius 2 is 1.63 bits per heavy atom. The molecule has 1 aliphatic rings. The van der Waals surface area contributed by atoms with Crippen LogP contribution in [0.15, 0.2) is 24.3 Å². The molecule has 2 rings (SSSR count). The molecular weight excluding hydrogens is 361 g/mol. The maximum absolute atomic E-state index is 13.0. The van der Waals surface area contributed by atoms with Gasteiger partial charge in [-0.3, -0.25) is 9.59 Å². The van der Waals surface area contributed by atoms with Gasteiger partial charge >= 0.3 is 6.18 Å². The average Bonchev–Trinajstić information content (AvgIpc) is 2.66. The van der Waals surface area contributed by atoms with Crippen molar-refractivity contribution >= 4 is 11.8 Å². The second-order valence-corrected chi connectivity index (χ2v) is 6.47. The summed E-state index contributed by atoms with van der Waals surface area (Å²) >= 11 is 0. The van der Waals surface area contributed by atoms with Crippen molar-refractivity contribution in [3.05, 3.63) is 35.4 Å². The maximum atomic E-state index is 13.0. The fourth-order valence-electron chi connectivity index (χ4n) is 3.14. The van der Waals surface area contributed by atoms with Gasteiger partial charge in [0.05, 0.1) is 12.6 Å². The molecule has 1 unspecified atom stereocenters. The topological polar surface area (TPSA) is 49.9 Å². The van der Waals surface area contributed by atoms with Crippen LogP contribution < -0.4 is 0 Å². The summed E-state index contributed by atoms with van der Waals surface area (Å²) in [6.45, 7) is 4.10. The van der Waals surface area contributed by atoms with E-state index in [0.29, 0.717) is 38.1 Å². The van der Waals surface area contributed by atoms with Crippen molar-refractivity contribution in [3.8, 4) is 0 Å². The summed E-state index contributed by atoms with van der Waals surface area (Å²) in [7, 11) is 0. The number of hydrogen-bond acceptors (Lipinski definition) is 3. The standard InChI is InChI=1S/C19H25F3N2O3/c1-3-23(4-2)17(25)14-7-9-15(10-8-14)18(26)24(13-19(20,21)22)16-6-5-11-27-12-16/h7-10,16H,3-6,11-13H2,1-2H3. The largest absolute Gasteiger partial charge is 0.406 e. The second-order valence-electron chi connectivity index (χ2n) is 6.47. The molecule has 1 fully saturated rings. The number of hydrogen-bond donors (Lipinski definition) is 0. The highest BCUT2D eigenvalue weighted by Crippen LogP contribution is 2.23. The highest BCUT2D eigenvalue weighted by atomic mass is 19.4. The molecule has 0 aromatic heterocycles. The van der Waals surface area contributed by atoms with Crippen LogP contribution >= 0.6 is 0 Å². The van der Waals surface area contributed by atoms with E-state index in [1.807, 2.05) is 13.8 Å². The first-order valence-electron chi connectivity index (χ1n) is 9.11. The Labute approximate surface area is 157 Å². The van der Waals surface area contributed by atoms with Crippen LogP contribution in [0.1, 0.15) is 47.4 Å². The molecule has 5 nitrogen and oxygen atoms in total.